The van der Waals surface area contributed by atoms with Crippen molar-refractivity contribution in [2.24, 2.45) is 0 Å². The smallest absolute Gasteiger partial charge is 0.156 e. The zero-order chi connectivity index (χ0) is 19.4. The summed E-state index contributed by atoms with van der Waals surface area (Å²) in [6, 6.07) is 16.0. The van der Waals surface area contributed by atoms with E-state index in [0.29, 0.717) is 27.9 Å². The van der Waals surface area contributed by atoms with Gasteiger partial charge in [-0.1, -0.05) is 47.5 Å². The number of benzene rings is 3. The molecule has 0 aliphatic heterocycles. The lowest BCUT2D eigenvalue weighted by Crippen LogP contribution is -2.03. The molecule has 27 heavy (non-hydrogen) atoms. The van der Waals surface area contributed by atoms with Gasteiger partial charge in [-0.3, -0.25) is 0 Å². The number of rotatable bonds is 6. The van der Waals surface area contributed by atoms with Gasteiger partial charge >= 0.3 is 0 Å². The van der Waals surface area contributed by atoms with Gasteiger partial charge in [0.2, 0.25) is 0 Å². The number of ether oxygens (including phenoxy) is 1. The Morgan fingerprint density at radius 2 is 1.63 bits per heavy atom. The van der Waals surface area contributed by atoms with Gasteiger partial charge < -0.3 is 10.1 Å². The summed E-state index contributed by atoms with van der Waals surface area (Å²) in [6.45, 7) is 4.95. The lowest BCUT2D eigenvalue weighted by molar-refractivity contribution is 0.306. The lowest BCUT2D eigenvalue weighted by Gasteiger charge is -2.14. The van der Waals surface area contributed by atoms with E-state index in [9.17, 15) is 4.39 Å². The molecule has 5 heteroatoms. The molecular formula is C22H20Cl2FNO. The van der Waals surface area contributed by atoms with Crippen molar-refractivity contribution in [3.63, 3.8) is 0 Å². The average molecular weight is 404 g/mol. The Bertz CT molecular complexity index is 936. The quantitative estimate of drug-likeness (QED) is 0.481. The normalized spacial score (nSPS) is 10.7. The van der Waals surface area contributed by atoms with Crippen LogP contribution in [0.1, 0.15) is 22.3 Å². The van der Waals surface area contributed by atoms with Gasteiger partial charge in [0, 0.05) is 12.2 Å². The largest absolute Gasteiger partial charge is 0.486 e. The Labute approximate surface area is 168 Å². The minimum atomic E-state index is -0.304. The van der Waals surface area contributed by atoms with Crippen molar-refractivity contribution in [1.82, 2.24) is 0 Å². The topological polar surface area (TPSA) is 21.3 Å². The molecule has 0 atom stereocenters. The fraction of sp³-hybridized carbons (Fsp3) is 0.182. The van der Waals surface area contributed by atoms with Crippen LogP contribution >= 0.6 is 23.2 Å². The van der Waals surface area contributed by atoms with Crippen molar-refractivity contribution in [2.45, 2.75) is 27.0 Å². The summed E-state index contributed by atoms with van der Waals surface area (Å²) in [5.41, 5.74) is 5.18. The van der Waals surface area contributed by atoms with Gasteiger partial charge in [-0.2, -0.15) is 0 Å². The zero-order valence-corrected chi connectivity index (χ0v) is 16.7. The SMILES string of the molecule is Cc1cccc(NCc2cc(Cl)c(OCc3cccc(F)c3)c(Cl)c2)c1C. The molecule has 3 aromatic rings. The van der Waals surface area contributed by atoms with Crippen LogP contribution in [0.4, 0.5) is 10.1 Å². The summed E-state index contributed by atoms with van der Waals surface area (Å²) in [6.07, 6.45) is 0. The Hall–Kier alpha value is -2.23. The van der Waals surface area contributed by atoms with E-state index in [1.165, 1.54) is 23.3 Å². The second kappa shape index (κ2) is 8.64. The Morgan fingerprint density at radius 1 is 0.926 bits per heavy atom. The van der Waals surface area contributed by atoms with Crippen LogP contribution in [0.25, 0.3) is 0 Å². The van der Waals surface area contributed by atoms with Crippen molar-refractivity contribution in [2.75, 3.05) is 5.32 Å². The third-order valence-electron chi connectivity index (χ3n) is 4.42. The Balaban J connectivity index is 1.70. The first-order valence-electron chi connectivity index (χ1n) is 8.59. The number of halogens is 3. The van der Waals surface area contributed by atoms with Gasteiger partial charge in [0.25, 0.3) is 0 Å². The predicted molar refractivity (Wildman–Crippen MR) is 110 cm³/mol. The summed E-state index contributed by atoms with van der Waals surface area (Å²) in [4.78, 5) is 0. The number of hydrogen-bond acceptors (Lipinski definition) is 2. The molecule has 0 saturated carbocycles. The van der Waals surface area contributed by atoms with Crippen LogP contribution in [0.3, 0.4) is 0 Å². The van der Waals surface area contributed by atoms with E-state index in [1.807, 2.05) is 24.3 Å². The highest BCUT2D eigenvalue weighted by atomic mass is 35.5. The molecule has 0 spiro atoms. The van der Waals surface area contributed by atoms with Crippen molar-refractivity contribution in [3.05, 3.63) is 92.7 Å². The molecule has 0 aliphatic rings. The molecule has 0 aromatic heterocycles. The highest BCUT2D eigenvalue weighted by Gasteiger charge is 2.11. The van der Waals surface area contributed by atoms with Gasteiger partial charge in [-0.25, -0.2) is 4.39 Å². The Kier molecular flexibility index (Phi) is 6.25. The second-order valence-electron chi connectivity index (χ2n) is 6.41. The molecule has 140 valence electrons. The van der Waals surface area contributed by atoms with E-state index >= 15 is 0 Å². The van der Waals surface area contributed by atoms with Crippen LogP contribution < -0.4 is 10.1 Å². The van der Waals surface area contributed by atoms with Crippen molar-refractivity contribution in [1.29, 1.82) is 0 Å². The third kappa shape index (κ3) is 4.94. The molecular weight excluding hydrogens is 384 g/mol. The van der Waals surface area contributed by atoms with E-state index in [2.05, 4.69) is 25.2 Å². The first-order chi connectivity index (χ1) is 12.9. The monoisotopic (exact) mass is 403 g/mol. The number of hydrogen-bond donors (Lipinski definition) is 1. The average Bonchev–Trinajstić information content (AvgIpc) is 2.62. The van der Waals surface area contributed by atoms with Crippen LogP contribution in [-0.2, 0) is 13.2 Å². The summed E-state index contributed by atoms with van der Waals surface area (Å²) < 4.78 is 19.0. The van der Waals surface area contributed by atoms with E-state index in [4.69, 9.17) is 27.9 Å². The maximum atomic E-state index is 13.3. The number of anilines is 1. The summed E-state index contributed by atoms with van der Waals surface area (Å²) in [5.74, 6) is 0.0965. The predicted octanol–water partition coefficient (Wildman–Crippen LogP) is 6.94. The Morgan fingerprint density at radius 3 is 2.33 bits per heavy atom. The molecule has 3 rings (SSSR count). The molecule has 0 fully saturated rings. The van der Waals surface area contributed by atoms with Crippen molar-refractivity contribution in [3.8, 4) is 5.75 Å². The highest BCUT2D eigenvalue weighted by Crippen LogP contribution is 2.35. The molecule has 0 radical (unpaired) electrons. The van der Waals surface area contributed by atoms with Crippen LogP contribution in [0, 0.1) is 19.7 Å². The first-order valence-corrected chi connectivity index (χ1v) is 9.35. The lowest BCUT2D eigenvalue weighted by atomic mass is 10.1. The maximum Gasteiger partial charge on any atom is 0.156 e. The van der Waals surface area contributed by atoms with Crippen LogP contribution in [0.15, 0.2) is 54.6 Å². The van der Waals surface area contributed by atoms with Gasteiger partial charge in [0.05, 0.1) is 10.0 Å². The molecule has 1 N–H and O–H groups in total. The van der Waals surface area contributed by atoms with Crippen molar-refractivity contribution < 1.29 is 9.13 Å². The van der Waals surface area contributed by atoms with Gasteiger partial charge in [-0.05, 0) is 66.4 Å². The number of nitrogens with one attached hydrogen (secondary N) is 1. The van der Waals surface area contributed by atoms with E-state index in [0.717, 1.165) is 11.3 Å². The minimum absolute atomic E-state index is 0.192. The summed E-state index contributed by atoms with van der Waals surface area (Å²) >= 11 is 12.7. The van der Waals surface area contributed by atoms with Gasteiger partial charge in [0.1, 0.15) is 12.4 Å². The van der Waals surface area contributed by atoms with Crippen LogP contribution in [0.2, 0.25) is 10.0 Å². The van der Waals surface area contributed by atoms with E-state index in [1.54, 1.807) is 12.1 Å². The summed E-state index contributed by atoms with van der Waals surface area (Å²) in [7, 11) is 0. The van der Waals surface area contributed by atoms with Gasteiger partial charge in [0.15, 0.2) is 5.75 Å². The van der Waals surface area contributed by atoms with Crippen LogP contribution in [0.5, 0.6) is 5.75 Å². The zero-order valence-electron chi connectivity index (χ0n) is 15.2. The number of aryl methyl sites for hydroxylation is 1. The molecule has 3 aromatic carbocycles. The van der Waals surface area contributed by atoms with E-state index < -0.39 is 0 Å². The molecule has 0 unspecified atom stereocenters. The molecule has 0 amide bonds. The van der Waals surface area contributed by atoms with Gasteiger partial charge in [-0.15, -0.1) is 0 Å². The fourth-order valence-electron chi connectivity index (χ4n) is 2.77. The first kappa shape index (κ1) is 19.5. The molecule has 0 aliphatic carbocycles. The van der Waals surface area contributed by atoms with E-state index in [-0.39, 0.29) is 12.4 Å². The second-order valence-corrected chi connectivity index (χ2v) is 7.22. The fourth-order valence-corrected chi connectivity index (χ4v) is 3.42. The highest BCUT2D eigenvalue weighted by molar-refractivity contribution is 6.37. The molecule has 0 heterocycles. The molecule has 0 saturated heterocycles. The molecule has 0 bridgehead atoms. The maximum absolute atomic E-state index is 13.3. The molecule has 2 nitrogen and oxygen atoms in total. The minimum Gasteiger partial charge on any atom is -0.486 e. The third-order valence-corrected chi connectivity index (χ3v) is 4.98. The standard InChI is InChI=1S/C22H20Cl2FNO/c1-14-5-3-8-21(15(14)2)26-12-17-10-19(23)22(20(24)11-17)27-13-16-6-4-7-18(25)9-16/h3-11,26H,12-13H2,1-2H3. The van der Waals surface area contributed by atoms with Crippen molar-refractivity contribution >= 4 is 28.9 Å². The summed E-state index contributed by atoms with van der Waals surface area (Å²) in [5, 5.41) is 4.26. The van der Waals surface area contributed by atoms with Crippen LogP contribution in [-0.4, -0.2) is 0 Å².